The number of para-hydroxylation sites is 1. The third-order valence-corrected chi connectivity index (χ3v) is 6.06. The second-order valence-corrected chi connectivity index (χ2v) is 8.85. The van der Waals surface area contributed by atoms with Crippen molar-refractivity contribution < 1.29 is 14.3 Å². The number of benzene rings is 2. The number of carbonyl (C=O) groups is 1. The number of nitrogens with one attached hydrogen (secondary N) is 1. The average Bonchev–Trinajstić information content (AvgIpc) is 3.19. The van der Waals surface area contributed by atoms with Crippen LogP contribution in [0.4, 0.5) is 5.69 Å². The van der Waals surface area contributed by atoms with Crippen LogP contribution in [0.1, 0.15) is 38.7 Å². The minimum absolute atomic E-state index is 0.112. The zero-order valence-electron chi connectivity index (χ0n) is 17.8. The lowest BCUT2D eigenvalue weighted by Gasteiger charge is -2.19. The minimum atomic E-state index is -0.313. The molecule has 31 heavy (non-hydrogen) atoms. The Morgan fingerprint density at radius 3 is 2.42 bits per heavy atom. The fourth-order valence-electron chi connectivity index (χ4n) is 2.94. The number of amides is 1. The van der Waals surface area contributed by atoms with Crippen molar-refractivity contribution in [2.75, 3.05) is 18.2 Å². The monoisotopic (exact) mass is 504 g/mol. The van der Waals surface area contributed by atoms with Gasteiger partial charge in [0.1, 0.15) is 11.5 Å². The van der Waals surface area contributed by atoms with Gasteiger partial charge in [-0.2, -0.15) is 0 Å². The lowest BCUT2D eigenvalue weighted by molar-refractivity contribution is -0.113. The van der Waals surface area contributed by atoms with E-state index in [1.165, 1.54) is 11.8 Å². The molecule has 1 N–H and O–H groups in total. The van der Waals surface area contributed by atoms with E-state index in [1.54, 1.807) is 7.11 Å². The van der Waals surface area contributed by atoms with Crippen LogP contribution in [0.15, 0.2) is 58.2 Å². The summed E-state index contributed by atoms with van der Waals surface area (Å²) in [5, 5.41) is 12.2. The fourth-order valence-corrected chi connectivity index (χ4v) is 4.20. The first kappa shape index (κ1) is 23.1. The van der Waals surface area contributed by atoms with Gasteiger partial charge in [0.15, 0.2) is 17.1 Å². The molecular formula is C22H25BrN4O3S. The molecule has 1 heterocycles. The van der Waals surface area contributed by atoms with E-state index in [9.17, 15) is 4.79 Å². The number of thioether (sulfide) groups is 1. The molecule has 3 rings (SSSR count). The largest absolute Gasteiger partial charge is 0.497 e. The molecule has 1 amide bonds. The van der Waals surface area contributed by atoms with Crippen molar-refractivity contribution in [2.45, 2.75) is 38.1 Å². The number of rotatable bonds is 9. The second kappa shape index (κ2) is 10.7. The number of anilines is 1. The quantitative estimate of drug-likeness (QED) is 0.387. The molecule has 0 saturated carbocycles. The molecule has 7 nitrogen and oxygen atoms in total. The third kappa shape index (κ3) is 6.01. The van der Waals surface area contributed by atoms with Gasteiger partial charge >= 0.3 is 0 Å². The molecule has 1 aromatic heterocycles. The average molecular weight is 505 g/mol. The van der Waals surface area contributed by atoms with Crippen molar-refractivity contribution >= 4 is 39.3 Å². The molecule has 0 bridgehead atoms. The van der Waals surface area contributed by atoms with Gasteiger partial charge < -0.3 is 19.4 Å². The molecule has 3 aromatic rings. The summed E-state index contributed by atoms with van der Waals surface area (Å²) in [7, 11) is 1.63. The predicted molar refractivity (Wildman–Crippen MR) is 126 cm³/mol. The molecular weight excluding hydrogens is 480 g/mol. The molecule has 0 fully saturated rings. The highest BCUT2D eigenvalue weighted by Gasteiger charge is 2.22. The molecule has 0 aliphatic rings. The van der Waals surface area contributed by atoms with Crippen molar-refractivity contribution in [1.82, 2.24) is 14.8 Å². The predicted octanol–water partition coefficient (Wildman–Crippen LogP) is 5.50. The fraction of sp³-hybridized carbons (Fsp3) is 0.318. The van der Waals surface area contributed by atoms with E-state index < -0.39 is 0 Å². The first-order chi connectivity index (χ1) is 14.9. The molecule has 1 unspecified atom stereocenters. The van der Waals surface area contributed by atoms with Gasteiger partial charge in [-0.3, -0.25) is 4.79 Å². The molecule has 2 aromatic carbocycles. The smallest absolute Gasteiger partial charge is 0.234 e. The van der Waals surface area contributed by atoms with Gasteiger partial charge in [0.05, 0.1) is 18.6 Å². The molecule has 164 valence electrons. The topological polar surface area (TPSA) is 78.3 Å². The molecule has 0 spiro atoms. The minimum Gasteiger partial charge on any atom is -0.497 e. The number of methoxy groups -OCH3 is 1. The second-order valence-electron chi connectivity index (χ2n) is 7.06. The Balaban J connectivity index is 1.67. The Labute approximate surface area is 194 Å². The van der Waals surface area contributed by atoms with Gasteiger partial charge in [-0.15, -0.1) is 10.2 Å². The molecule has 0 aliphatic heterocycles. The molecule has 0 saturated heterocycles. The van der Waals surface area contributed by atoms with Crippen LogP contribution in [0.2, 0.25) is 0 Å². The maximum absolute atomic E-state index is 12.4. The van der Waals surface area contributed by atoms with Gasteiger partial charge in [-0.1, -0.05) is 23.9 Å². The number of halogens is 1. The van der Waals surface area contributed by atoms with Crippen LogP contribution in [-0.2, 0) is 4.79 Å². The van der Waals surface area contributed by atoms with E-state index in [2.05, 4.69) is 45.3 Å². The van der Waals surface area contributed by atoms with Crippen LogP contribution in [0.3, 0.4) is 0 Å². The zero-order chi connectivity index (χ0) is 22.4. The van der Waals surface area contributed by atoms with E-state index in [1.807, 2.05) is 60.0 Å². The van der Waals surface area contributed by atoms with E-state index in [0.717, 1.165) is 15.9 Å². The maximum Gasteiger partial charge on any atom is 0.234 e. The number of nitrogens with zero attached hydrogens (tertiary/aromatic N) is 3. The van der Waals surface area contributed by atoms with Gasteiger partial charge in [0.2, 0.25) is 5.91 Å². The van der Waals surface area contributed by atoms with E-state index >= 15 is 0 Å². The molecule has 9 heteroatoms. The van der Waals surface area contributed by atoms with Crippen molar-refractivity contribution in [3.8, 4) is 11.5 Å². The molecule has 1 atom stereocenters. The SMILES string of the molecule is COc1ccc(OC(C)c2nnc(SCC(=O)Nc3ccccc3Br)n2C(C)C)cc1. The number of carbonyl (C=O) groups excluding carboxylic acids is 1. The van der Waals surface area contributed by atoms with Crippen LogP contribution in [0.5, 0.6) is 11.5 Å². The van der Waals surface area contributed by atoms with Crippen molar-refractivity contribution in [3.63, 3.8) is 0 Å². The Hall–Kier alpha value is -2.52. The normalized spacial score (nSPS) is 11.9. The Morgan fingerprint density at radius 1 is 1.10 bits per heavy atom. The van der Waals surface area contributed by atoms with Gasteiger partial charge in [0, 0.05) is 10.5 Å². The maximum atomic E-state index is 12.4. The standard InChI is InChI=1S/C22H25BrN4O3S/c1-14(2)27-21(15(3)30-17-11-9-16(29-4)10-12-17)25-26-22(27)31-13-20(28)24-19-8-6-5-7-18(19)23/h5-12,14-15H,13H2,1-4H3,(H,24,28). The number of aromatic nitrogens is 3. The lowest BCUT2D eigenvalue weighted by Crippen LogP contribution is -2.16. The summed E-state index contributed by atoms with van der Waals surface area (Å²) in [5.74, 6) is 2.30. The van der Waals surface area contributed by atoms with Crippen molar-refractivity contribution in [2.24, 2.45) is 0 Å². The summed E-state index contributed by atoms with van der Waals surface area (Å²) >= 11 is 4.78. The van der Waals surface area contributed by atoms with Crippen LogP contribution in [0.25, 0.3) is 0 Å². The first-order valence-corrected chi connectivity index (χ1v) is 11.6. The number of ether oxygens (including phenoxy) is 2. The van der Waals surface area contributed by atoms with Gasteiger partial charge in [-0.25, -0.2) is 0 Å². The zero-order valence-corrected chi connectivity index (χ0v) is 20.2. The highest BCUT2D eigenvalue weighted by atomic mass is 79.9. The molecule has 0 aliphatic carbocycles. The van der Waals surface area contributed by atoms with Crippen LogP contribution in [0, 0.1) is 0 Å². The van der Waals surface area contributed by atoms with E-state index in [0.29, 0.717) is 16.7 Å². The third-order valence-electron chi connectivity index (χ3n) is 4.42. The molecule has 0 radical (unpaired) electrons. The van der Waals surface area contributed by atoms with Crippen LogP contribution in [-0.4, -0.2) is 33.5 Å². The highest BCUT2D eigenvalue weighted by Crippen LogP contribution is 2.29. The van der Waals surface area contributed by atoms with Crippen molar-refractivity contribution in [3.05, 3.63) is 58.8 Å². The van der Waals surface area contributed by atoms with E-state index in [4.69, 9.17) is 9.47 Å². The Kier molecular flexibility index (Phi) is 7.97. The van der Waals surface area contributed by atoms with Crippen molar-refractivity contribution in [1.29, 1.82) is 0 Å². The Bertz CT molecular complexity index is 1020. The highest BCUT2D eigenvalue weighted by molar-refractivity contribution is 9.10. The van der Waals surface area contributed by atoms with E-state index in [-0.39, 0.29) is 23.8 Å². The van der Waals surface area contributed by atoms with Crippen LogP contribution >= 0.6 is 27.7 Å². The summed E-state index contributed by atoms with van der Waals surface area (Å²) in [6.07, 6.45) is -0.313. The summed E-state index contributed by atoms with van der Waals surface area (Å²) in [6, 6.07) is 15.0. The van der Waals surface area contributed by atoms with Gasteiger partial charge in [-0.05, 0) is 73.1 Å². The summed E-state index contributed by atoms with van der Waals surface area (Å²) in [6.45, 7) is 6.04. The Morgan fingerprint density at radius 2 is 1.77 bits per heavy atom. The lowest BCUT2D eigenvalue weighted by atomic mass is 10.3. The number of hydrogen-bond acceptors (Lipinski definition) is 6. The number of hydrogen-bond donors (Lipinski definition) is 1. The van der Waals surface area contributed by atoms with Crippen LogP contribution < -0.4 is 14.8 Å². The summed E-state index contributed by atoms with van der Waals surface area (Å²) in [4.78, 5) is 12.4. The first-order valence-electron chi connectivity index (χ1n) is 9.81. The summed E-state index contributed by atoms with van der Waals surface area (Å²) < 4.78 is 14.1. The summed E-state index contributed by atoms with van der Waals surface area (Å²) in [5.41, 5.74) is 0.737. The van der Waals surface area contributed by atoms with Gasteiger partial charge in [0.25, 0.3) is 0 Å².